The number of aliphatic hydroxyl groups is 1. The Kier molecular flexibility index (Phi) is 6.92. The van der Waals surface area contributed by atoms with Crippen molar-refractivity contribution in [2.75, 3.05) is 24.7 Å². The highest BCUT2D eigenvalue weighted by Gasteiger charge is 2.18. The first-order chi connectivity index (χ1) is 13.9. The van der Waals surface area contributed by atoms with Gasteiger partial charge in [0.05, 0.1) is 11.0 Å². The van der Waals surface area contributed by atoms with Crippen molar-refractivity contribution in [3.63, 3.8) is 0 Å². The standard InChI is InChI=1S/C20H28N6O2S/c1-12(2)17(27)20(28)22-10-6-5-9-21-18-19-25-24-13(3)26(19)16-8-7-14(29-4)11-15(16)23-18/h7-8,11-12,17,27H,5-6,9-10H2,1-4H3,(H,21,23)(H,22,28). The minimum atomic E-state index is -0.953. The number of nitrogens with one attached hydrogen (secondary N) is 2. The lowest BCUT2D eigenvalue weighted by Gasteiger charge is -2.14. The number of aromatic nitrogens is 4. The molecule has 156 valence electrons. The van der Waals surface area contributed by atoms with E-state index in [1.807, 2.05) is 31.4 Å². The minimum absolute atomic E-state index is 0.0868. The number of anilines is 1. The zero-order chi connectivity index (χ0) is 21.0. The number of fused-ring (bicyclic) bond motifs is 3. The van der Waals surface area contributed by atoms with Gasteiger partial charge in [-0.3, -0.25) is 9.20 Å². The van der Waals surface area contributed by atoms with E-state index in [0.717, 1.165) is 34.6 Å². The number of aliphatic hydroxyl groups excluding tert-OH is 1. The second-order valence-electron chi connectivity index (χ2n) is 7.34. The summed E-state index contributed by atoms with van der Waals surface area (Å²) in [5, 5.41) is 24.3. The van der Waals surface area contributed by atoms with Gasteiger partial charge in [-0.15, -0.1) is 22.0 Å². The van der Waals surface area contributed by atoms with Crippen molar-refractivity contribution in [3.05, 3.63) is 24.0 Å². The van der Waals surface area contributed by atoms with Crippen molar-refractivity contribution in [2.45, 2.75) is 44.6 Å². The van der Waals surface area contributed by atoms with Crippen molar-refractivity contribution in [1.29, 1.82) is 0 Å². The van der Waals surface area contributed by atoms with Gasteiger partial charge in [0.1, 0.15) is 11.9 Å². The van der Waals surface area contributed by atoms with Crippen molar-refractivity contribution < 1.29 is 9.90 Å². The van der Waals surface area contributed by atoms with Gasteiger partial charge in [0, 0.05) is 18.0 Å². The molecule has 0 aliphatic heterocycles. The summed E-state index contributed by atoms with van der Waals surface area (Å²) in [7, 11) is 0. The van der Waals surface area contributed by atoms with Crippen molar-refractivity contribution in [3.8, 4) is 0 Å². The summed E-state index contributed by atoms with van der Waals surface area (Å²) >= 11 is 1.68. The predicted molar refractivity (Wildman–Crippen MR) is 116 cm³/mol. The number of unbranched alkanes of at least 4 members (excludes halogenated alkanes) is 1. The highest BCUT2D eigenvalue weighted by Crippen LogP contribution is 2.25. The molecular formula is C20H28N6O2S. The summed E-state index contributed by atoms with van der Waals surface area (Å²) in [5.41, 5.74) is 2.59. The average Bonchev–Trinajstić information content (AvgIpc) is 3.11. The Morgan fingerprint density at radius 2 is 2.00 bits per heavy atom. The molecule has 8 nitrogen and oxygen atoms in total. The molecule has 0 saturated heterocycles. The lowest BCUT2D eigenvalue weighted by molar-refractivity contribution is -0.131. The molecule has 3 aromatic rings. The predicted octanol–water partition coefficient (Wildman–Crippen LogP) is 2.63. The summed E-state index contributed by atoms with van der Waals surface area (Å²) in [6.07, 6.45) is 2.74. The molecule has 0 saturated carbocycles. The topological polar surface area (TPSA) is 104 Å². The molecular weight excluding hydrogens is 388 g/mol. The van der Waals surface area contributed by atoms with E-state index in [2.05, 4.69) is 39.0 Å². The summed E-state index contributed by atoms with van der Waals surface area (Å²) < 4.78 is 2.02. The SMILES string of the molecule is CSc1ccc2c(c1)nc(NCCCCNC(=O)C(O)C(C)C)c1nnc(C)n12. The fraction of sp³-hybridized carbons (Fsp3) is 0.500. The Bertz CT molecular complexity index is 1000. The molecule has 0 aliphatic carbocycles. The van der Waals surface area contributed by atoms with Crippen LogP contribution in [0.5, 0.6) is 0 Å². The van der Waals surface area contributed by atoms with Crippen LogP contribution in [0.25, 0.3) is 16.7 Å². The van der Waals surface area contributed by atoms with Crippen LogP contribution in [-0.2, 0) is 4.79 Å². The monoisotopic (exact) mass is 416 g/mol. The molecule has 0 fully saturated rings. The number of hydrogen-bond acceptors (Lipinski definition) is 7. The van der Waals surface area contributed by atoms with E-state index < -0.39 is 6.10 Å². The zero-order valence-electron chi connectivity index (χ0n) is 17.3. The maximum atomic E-state index is 11.8. The van der Waals surface area contributed by atoms with Gasteiger partial charge >= 0.3 is 0 Å². The molecule has 0 bridgehead atoms. The van der Waals surface area contributed by atoms with Gasteiger partial charge in [0.15, 0.2) is 5.82 Å². The molecule has 0 radical (unpaired) electrons. The van der Waals surface area contributed by atoms with E-state index in [1.165, 1.54) is 0 Å². The number of amides is 1. The van der Waals surface area contributed by atoms with E-state index >= 15 is 0 Å². The summed E-state index contributed by atoms with van der Waals surface area (Å²) in [6.45, 7) is 6.80. The van der Waals surface area contributed by atoms with E-state index in [-0.39, 0.29) is 11.8 Å². The molecule has 0 spiro atoms. The molecule has 0 aliphatic rings. The second kappa shape index (κ2) is 9.41. The molecule has 2 aromatic heterocycles. The van der Waals surface area contributed by atoms with Gasteiger partial charge < -0.3 is 15.7 Å². The first kappa shape index (κ1) is 21.3. The van der Waals surface area contributed by atoms with Crippen molar-refractivity contribution in [2.24, 2.45) is 5.92 Å². The van der Waals surface area contributed by atoms with Crippen molar-refractivity contribution in [1.82, 2.24) is 24.9 Å². The third kappa shape index (κ3) is 4.79. The van der Waals surface area contributed by atoms with Gasteiger partial charge in [-0.25, -0.2) is 4.98 Å². The summed E-state index contributed by atoms with van der Waals surface area (Å²) in [5.74, 6) is 1.13. The Balaban J connectivity index is 1.63. The third-order valence-electron chi connectivity index (χ3n) is 4.79. The number of benzene rings is 1. The molecule has 1 amide bonds. The number of carbonyl (C=O) groups is 1. The molecule has 9 heteroatoms. The Morgan fingerprint density at radius 3 is 2.72 bits per heavy atom. The molecule has 3 N–H and O–H groups in total. The number of carbonyl (C=O) groups excluding carboxylic acids is 1. The number of rotatable bonds is 9. The quantitative estimate of drug-likeness (QED) is 0.364. The minimum Gasteiger partial charge on any atom is -0.383 e. The van der Waals surface area contributed by atoms with Gasteiger partial charge in [-0.05, 0) is 50.1 Å². The molecule has 1 unspecified atom stereocenters. The fourth-order valence-corrected chi connectivity index (χ4v) is 3.51. The van der Waals surface area contributed by atoms with Crippen molar-refractivity contribution >= 4 is 40.2 Å². The lowest BCUT2D eigenvalue weighted by atomic mass is 10.1. The number of aryl methyl sites for hydroxylation is 1. The molecule has 3 rings (SSSR count). The average molecular weight is 417 g/mol. The van der Waals surface area contributed by atoms with Gasteiger partial charge in [-0.2, -0.15) is 0 Å². The van der Waals surface area contributed by atoms with Crippen LogP contribution in [0.4, 0.5) is 5.82 Å². The van der Waals surface area contributed by atoms with Crippen LogP contribution in [0.2, 0.25) is 0 Å². The highest BCUT2D eigenvalue weighted by atomic mass is 32.2. The zero-order valence-corrected chi connectivity index (χ0v) is 18.1. The van der Waals surface area contributed by atoms with E-state index in [4.69, 9.17) is 4.98 Å². The normalized spacial score (nSPS) is 12.6. The van der Waals surface area contributed by atoms with Crippen LogP contribution in [0.1, 0.15) is 32.5 Å². The number of hydrogen-bond donors (Lipinski definition) is 3. The van der Waals surface area contributed by atoms with E-state index in [1.54, 1.807) is 11.8 Å². The molecule has 2 heterocycles. The van der Waals surface area contributed by atoms with Gasteiger partial charge in [0.25, 0.3) is 0 Å². The fourth-order valence-electron chi connectivity index (χ4n) is 3.08. The van der Waals surface area contributed by atoms with E-state index in [9.17, 15) is 9.90 Å². The molecule has 1 aromatic carbocycles. The van der Waals surface area contributed by atoms with Crippen LogP contribution >= 0.6 is 11.8 Å². The van der Waals surface area contributed by atoms with E-state index in [0.29, 0.717) is 24.6 Å². The Labute approximate surface area is 174 Å². The first-order valence-corrected chi connectivity index (χ1v) is 11.0. The van der Waals surface area contributed by atoms with Crippen LogP contribution in [0.3, 0.4) is 0 Å². The molecule has 29 heavy (non-hydrogen) atoms. The van der Waals surface area contributed by atoms with Crippen LogP contribution in [0.15, 0.2) is 23.1 Å². The maximum Gasteiger partial charge on any atom is 0.249 e. The largest absolute Gasteiger partial charge is 0.383 e. The second-order valence-corrected chi connectivity index (χ2v) is 8.21. The first-order valence-electron chi connectivity index (χ1n) is 9.81. The third-order valence-corrected chi connectivity index (χ3v) is 5.51. The van der Waals surface area contributed by atoms with Crippen LogP contribution in [-0.4, -0.2) is 56.0 Å². The van der Waals surface area contributed by atoms with Crippen LogP contribution < -0.4 is 10.6 Å². The van der Waals surface area contributed by atoms with Crippen LogP contribution in [0, 0.1) is 12.8 Å². The Hall–Kier alpha value is -2.39. The number of thioether (sulfide) groups is 1. The number of nitrogens with zero attached hydrogens (tertiary/aromatic N) is 4. The lowest BCUT2D eigenvalue weighted by Crippen LogP contribution is -2.38. The summed E-state index contributed by atoms with van der Waals surface area (Å²) in [6, 6.07) is 6.19. The Morgan fingerprint density at radius 1 is 1.24 bits per heavy atom. The maximum absolute atomic E-state index is 11.8. The van der Waals surface area contributed by atoms with Gasteiger partial charge in [0.2, 0.25) is 11.6 Å². The highest BCUT2D eigenvalue weighted by molar-refractivity contribution is 7.98. The van der Waals surface area contributed by atoms with Gasteiger partial charge in [-0.1, -0.05) is 13.8 Å². The molecule has 1 atom stereocenters. The summed E-state index contributed by atoms with van der Waals surface area (Å²) in [4.78, 5) is 17.7. The smallest absolute Gasteiger partial charge is 0.249 e.